The molecular formula is C25H31N5O5. The summed E-state index contributed by atoms with van der Waals surface area (Å²) in [5.41, 5.74) is 0.268. The van der Waals surface area contributed by atoms with E-state index in [0.717, 1.165) is 24.7 Å². The fourth-order valence-electron chi connectivity index (χ4n) is 4.61. The Morgan fingerprint density at radius 3 is 2.37 bits per heavy atom. The quantitative estimate of drug-likeness (QED) is 0.672. The van der Waals surface area contributed by atoms with Crippen LogP contribution >= 0.6 is 0 Å². The zero-order valence-electron chi connectivity index (χ0n) is 20.3. The minimum absolute atomic E-state index is 0.138. The van der Waals surface area contributed by atoms with Gasteiger partial charge in [-0.1, -0.05) is 12.1 Å². The molecule has 0 saturated carbocycles. The number of ether oxygens (including phenoxy) is 1. The number of nitrogens with one attached hydrogen (secondary N) is 1. The van der Waals surface area contributed by atoms with E-state index in [1.165, 1.54) is 4.57 Å². The SMILES string of the molecule is CC(C)(C)OC(=O)N1CCC2(CCN(C(=O)Nc3ccn(-c4ccc(CC=O)cc4)c(=O)n3)C2)C1. The van der Waals surface area contributed by atoms with E-state index in [4.69, 9.17) is 4.74 Å². The molecule has 1 atom stereocenters. The molecule has 1 N–H and O–H groups in total. The van der Waals surface area contributed by atoms with Gasteiger partial charge in [0.05, 0.1) is 5.69 Å². The van der Waals surface area contributed by atoms with Gasteiger partial charge in [-0.05, 0) is 57.4 Å². The third-order valence-corrected chi connectivity index (χ3v) is 6.39. The van der Waals surface area contributed by atoms with E-state index in [1.807, 2.05) is 20.8 Å². The van der Waals surface area contributed by atoms with Gasteiger partial charge >= 0.3 is 17.8 Å². The molecule has 1 spiro atoms. The Morgan fingerprint density at radius 2 is 1.74 bits per heavy atom. The van der Waals surface area contributed by atoms with Crippen LogP contribution in [0.25, 0.3) is 5.69 Å². The molecule has 186 valence electrons. The average Bonchev–Trinajstić information content (AvgIpc) is 3.41. The summed E-state index contributed by atoms with van der Waals surface area (Å²) in [5, 5.41) is 2.72. The first-order valence-electron chi connectivity index (χ1n) is 11.7. The van der Waals surface area contributed by atoms with Crippen LogP contribution in [0.4, 0.5) is 15.4 Å². The van der Waals surface area contributed by atoms with Gasteiger partial charge in [-0.2, -0.15) is 4.98 Å². The summed E-state index contributed by atoms with van der Waals surface area (Å²) in [6.45, 7) is 7.80. The lowest BCUT2D eigenvalue weighted by molar-refractivity contribution is -0.107. The van der Waals surface area contributed by atoms with Gasteiger partial charge in [0.2, 0.25) is 0 Å². The fraction of sp³-hybridized carbons (Fsp3) is 0.480. The highest BCUT2D eigenvalue weighted by Gasteiger charge is 2.46. The maximum atomic E-state index is 12.9. The number of likely N-dealkylation sites (tertiary alicyclic amines) is 2. The summed E-state index contributed by atoms with van der Waals surface area (Å²) in [6.07, 6.45) is 3.99. The maximum Gasteiger partial charge on any atom is 0.410 e. The van der Waals surface area contributed by atoms with E-state index in [1.54, 1.807) is 46.3 Å². The van der Waals surface area contributed by atoms with Crippen molar-refractivity contribution in [3.63, 3.8) is 0 Å². The highest BCUT2D eigenvalue weighted by Crippen LogP contribution is 2.40. The molecule has 3 heterocycles. The summed E-state index contributed by atoms with van der Waals surface area (Å²) in [6, 6.07) is 8.30. The Bertz CT molecular complexity index is 1170. The molecule has 2 aliphatic rings. The summed E-state index contributed by atoms with van der Waals surface area (Å²) in [7, 11) is 0. The Hall–Kier alpha value is -3.69. The number of aromatic nitrogens is 2. The summed E-state index contributed by atoms with van der Waals surface area (Å²) < 4.78 is 6.86. The topological polar surface area (TPSA) is 114 Å². The normalized spacial score (nSPS) is 19.7. The van der Waals surface area contributed by atoms with Crippen LogP contribution in [0.1, 0.15) is 39.2 Å². The monoisotopic (exact) mass is 481 g/mol. The number of rotatable bonds is 4. The lowest BCUT2D eigenvalue weighted by Crippen LogP contribution is -2.39. The first kappa shape index (κ1) is 24.4. The van der Waals surface area contributed by atoms with Gasteiger partial charge in [0.1, 0.15) is 17.7 Å². The smallest absolute Gasteiger partial charge is 0.410 e. The van der Waals surface area contributed by atoms with Gasteiger partial charge in [-0.3, -0.25) is 9.88 Å². The van der Waals surface area contributed by atoms with Crippen molar-refractivity contribution in [1.29, 1.82) is 0 Å². The second kappa shape index (κ2) is 9.52. The van der Waals surface area contributed by atoms with Crippen molar-refractivity contribution < 1.29 is 19.1 Å². The highest BCUT2D eigenvalue weighted by molar-refractivity contribution is 5.88. The molecule has 10 heteroatoms. The summed E-state index contributed by atoms with van der Waals surface area (Å²) >= 11 is 0. The number of urea groups is 1. The second-order valence-corrected chi connectivity index (χ2v) is 10.3. The van der Waals surface area contributed by atoms with Crippen LogP contribution in [0.2, 0.25) is 0 Å². The lowest BCUT2D eigenvalue weighted by atomic mass is 9.86. The molecule has 0 bridgehead atoms. The number of aldehydes is 1. The number of benzene rings is 1. The van der Waals surface area contributed by atoms with Crippen molar-refractivity contribution in [1.82, 2.24) is 19.4 Å². The van der Waals surface area contributed by atoms with Gasteiger partial charge in [-0.25, -0.2) is 14.4 Å². The van der Waals surface area contributed by atoms with Gasteiger partial charge in [0.15, 0.2) is 0 Å². The van der Waals surface area contributed by atoms with Crippen molar-refractivity contribution in [3.05, 3.63) is 52.6 Å². The zero-order valence-corrected chi connectivity index (χ0v) is 20.3. The molecule has 2 aromatic rings. The number of hydrogen-bond donors (Lipinski definition) is 1. The van der Waals surface area contributed by atoms with E-state index in [0.29, 0.717) is 38.3 Å². The molecule has 1 unspecified atom stereocenters. The molecule has 0 aliphatic carbocycles. The minimum Gasteiger partial charge on any atom is -0.444 e. The van der Waals surface area contributed by atoms with Crippen molar-refractivity contribution in [2.24, 2.45) is 5.41 Å². The van der Waals surface area contributed by atoms with Crippen LogP contribution in [0, 0.1) is 5.41 Å². The summed E-state index contributed by atoms with van der Waals surface area (Å²) in [5.74, 6) is 0.177. The van der Waals surface area contributed by atoms with Gasteiger partial charge in [-0.15, -0.1) is 0 Å². The number of nitrogens with zero attached hydrogens (tertiary/aromatic N) is 4. The number of hydrogen-bond acceptors (Lipinski definition) is 6. The van der Waals surface area contributed by atoms with Crippen LogP contribution in [0.15, 0.2) is 41.3 Å². The Balaban J connectivity index is 1.36. The molecule has 0 radical (unpaired) electrons. The van der Waals surface area contributed by atoms with Crippen molar-refractivity contribution >= 4 is 24.2 Å². The van der Waals surface area contributed by atoms with E-state index in [2.05, 4.69) is 10.3 Å². The first-order valence-corrected chi connectivity index (χ1v) is 11.7. The van der Waals surface area contributed by atoms with Gasteiger partial charge in [0, 0.05) is 44.2 Å². The van der Waals surface area contributed by atoms with Gasteiger partial charge < -0.3 is 19.3 Å². The van der Waals surface area contributed by atoms with E-state index >= 15 is 0 Å². The number of amides is 3. The van der Waals surface area contributed by atoms with Crippen LogP contribution < -0.4 is 11.0 Å². The van der Waals surface area contributed by atoms with Gasteiger partial charge in [0.25, 0.3) is 0 Å². The third-order valence-electron chi connectivity index (χ3n) is 6.39. The van der Waals surface area contributed by atoms with E-state index < -0.39 is 11.3 Å². The fourth-order valence-corrected chi connectivity index (χ4v) is 4.61. The predicted octanol–water partition coefficient (Wildman–Crippen LogP) is 2.84. The maximum absolute atomic E-state index is 12.9. The average molecular weight is 482 g/mol. The third kappa shape index (κ3) is 5.70. The molecule has 10 nitrogen and oxygen atoms in total. The van der Waals surface area contributed by atoms with Crippen LogP contribution in [-0.4, -0.2) is 69.5 Å². The largest absolute Gasteiger partial charge is 0.444 e. The summed E-state index contributed by atoms with van der Waals surface area (Å²) in [4.78, 5) is 55.9. The number of carbonyl (C=O) groups excluding carboxylic acids is 3. The van der Waals surface area contributed by atoms with E-state index in [9.17, 15) is 19.2 Å². The molecular weight excluding hydrogens is 450 g/mol. The molecule has 1 aromatic heterocycles. The Morgan fingerprint density at radius 1 is 1.09 bits per heavy atom. The Kier molecular flexibility index (Phi) is 6.64. The minimum atomic E-state index is -0.546. The second-order valence-electron chi connectivity index (χ2n) is 10.3. The Labute approximate surface area is 203 Å². The number of carbonyl (C=O) groups is 3. The molecule has 2 saturated heterocycles. The predicted molar refractivity (Wildman–Crippen MR) is 130 cm³/mol. The first-order chi connectivity index (χ1) is 16.6. The highest BCUT2D eigenvalue weighted by atomic mass is 16.6. The van der Waals surface area contributed by atoms with Crippen LogP contribution in [0.5, 0.6) is 0 Å². The molecule has 3 amide bonds. The van der Waals surface area contributed by atoms with E-state index in [-0.39, 0.29) is 23.4 Å². The standard InChI is InChI=1S/C25H31N5O5/c1-24(2,3)35-23(34)29-14-11-25(17-29)10-13-28(16-25)21(32)26-20-8-12-30(22(33)27-20)19-6-4-18(5-7-19)9-15-31/h4-8,12,15H,9-11,13-14,16-17H2,1-3H3,(H,26,27,32,33). The van der Waals surface area contributed by atoms with Crippen LogP contribution in [-0.2, 0) is 16.0 Å². The molecule has 1 aromatic carbocycles. The zero-order chi connectivity index (χ0) is 25.2. The van der Waals surface area contributed by atoms with Crippen molar-refractivity contribution in [2.45, 2.75) is 45.6 Å². The van der Waals surface area contributed by atoms with Crippen molar-refractivity contribution in [3.8, 4) is 5.69 Å². The van der Waals surface area contributed by atoms with Crippen LogP contribution in [0.3, 0.4) is 0 Å². The molecule has 2 aliphatic heterocycles. The van der Waals surface area contributed by atoms with Crippen molar-refractivity contribution in [2.75, 3.05) is 31.5 Å². The lowest BCUT2D eigenvalue weighted by Gasteiger charge is -2.27. The number of anilines is 1. The molecule has 35 heavy (non-hydrogen) atoms. The molecule has 4 rings (SSSR count). The molecule has 2 fully saturated rings.